The normalized spacial score (nSPS) is 10.4. The number of hydrogen-bond donors (Lipinski definition) is 2. The Hall–Kier alpha value is -2.51. The summed E-state index contributed by atoms with van der Waals surface area (Å²) in [6, 6.07) is 1.53. The van der Waals surface area contributed by atoms with Gasteiger partial charge < -0.3 is 10.4 Å². The summed E-state index contributed by atoms with van der Waals surface area (Å²) >= 11 is 0. The van der Waals surface area contributed by atoms with Crippen molar-refractivity contribution in [2.24, 2.45) is 0 Å². The maximum absolute atomic E-state index is 13.5. The highest BCUT2D eigenvalue weighted by atomic mass is 19.1. The van der Waals surface area contributed by atoms with E-state index in [2.05, 4.69) is 15.6 Å². The van der Waals surface area contributed by atoms with E-state index in [4.69, 9.17) is 5.11 Å². The Morgan fingerprint density at radius 2 is 2.05 bits per heavy atom. The second kappa shape index (κ2) is 5.42. The lowest BCUT2D eigenvalue weighted by molar-refractivity contribution is 0.0696. The van der Waals surface area contributed by atoms with Gasteiger partial charge in [0.15, 0.2) is 0 Å². The Bertz CT molecular complexity index is 563. The van der Waals surface area contributed by atoms with Crippen molar-refractivity contribution >= 4 is 11.7 Å². The van der Waals surface area contributed by atoms with Crippen LogP contribution < -0.4 is 5.32 Å². The van der Waals surface area contributed by atoms with Crippen molar-refractivity contribution in [2.45, 2.75) is 6.54 Å². The number of aromatic nitrogens is 3. The molecule has 0 unspecified atom stereocenters. The van der Waals surface area contributed by atoms with Gasteiger partial charge in [-0.15, -0.1) is 5.10 Å². The van der Waals surface area contributed by atoms with Crippen molar-refractivity contribution in [3.63, 3.8) is 0 Å². The molecule has 0 saturated carbocycles. The highest BCUT2D eigenvalue weighted by molar-refractivity contribution is 5.88. The number of anilines is 1. The van der Waals surface area contributed by atoms with Crippen LogP contribution in [0.3, 0.4) is 0 Å². The molecule has 6 nitrogen and oxygen atoms in total. The molecule has 100 valence electrons. The zero-order valence-electron chi connectivity index (χ0n) is 9.68. The van der Waals surface area contributed by atoms with Gasteiger partial charge in [-0.2, -0.15) is 0 Å². The SMILES string of the molecule is O=C(O)c1cc(F)c(NCCn2ccnn2)c(F)c1. The van der Waals surface area contributed by atoms with Crippen LogP contribution in [0.1, 0.15) is 10.4 Å². The molecule has 8 heteroatoms. The molecule has 2 aromatic rings. The van der Waals surface area contributed by atoms with Gasteiger partial charge in [0.05, 0.1) is 18.3 Å². The molecule has 1 aromatic carbocycles. The molecule has 0 atom stereocenters. The number of carboxylic acid groups (broad SMARTS) is 1. The molecule has 1 heterocycles. The molecular weight excluding hydrogens is 258 g/mol. The van der Waals surface area contributed by atoms with Crippen molar-refractivity contribution < 1.29 is 18.7 Å². The highest BCUT2D eigenvalue weighted by Crippen LogP contribution is 2.20. The van der Waals surface area contributed by atoms with Crippen molar-refractivity contribution in [3.8, 4) is 0 Å². The third-order valence-corrected chi connectivity index (χ3v) is 2.40. The molecule has 0 amide bonds. The summed E-state index contributed by atoms with van der Waals surface area (Å²) in [6.07, 6.45) is 3.10. The van der Waals surface area contributed by atoms with E-state index in [0.717, 1.165) is 12.1 Å². The number of benzene rings is 1. The van der Waals surface area contributed by atoms with E-state index >= 15 is 0 Å². The maximum atomic E-state index is 13.5. The standard InChI is InChI=1S/C11H10F2N4O2/c12-8-5-7(11(18)19)6-9(13)10(8)14-1-3-17-4-2-15-16-17/h2,4-6,14H,1,3H2,(H,18,19). The van der Waals surface area contributed by atoms with E-state index in [0.29, 0.717) is 6.54 Å². The average molecular weight is 268 g/mol. The Labute approximate surface area is 106 Å². The number of carboxylic acids is 1. The molecule has 0 aliphatic carbocycles. The highest BCUT2D eigenvalue weighted by Gasteiger charge is 2.14. The van der Waals surface area contributed by atoms with Crippen LogP contribution in [0.25, 0.3) is 0 Å². The smallest absolute Gasteiger partial charge is 0.335 e. The van der Waals surface area contributed by atoms with Crippen molar-refractivity contribution in [1.29, 1.82) is 0 Å². The Balaban J connectivity index is 2.06. The predicted octanol–water partition coefficient (Wildman–Crippen LogP) is 1.37. The summed E-state index contributed by atoms with van der Waals surface area (Å²) in [5.41, 5.74) is -0.790. The average Bonchev–Trinajstić information content (AvgIpc) is 2.85. The first kappa shape index (κ1) is 12.9. The molecule has 19 heavy (non-hydrogen) atoms. The van der Waals surface area contributed by atoms with Gasteiger partial charge in [-0.3, -0.25) is 4.68 Å². The summed E-state index contributed by atoms with van der Waals surface area (Å²) in [6.45, 7) is 0.600. The lowest BCUT2D eigenvalue weighted by Gasteiger charge is -2.09. The molecule has 2 N–H and O–H groups in total. The van der Waals surface area contributed by atoms with Crippen LogP contribution in [0.15, 0.2) is 24.5 Å². The summed E-state index contributed by atoms with van der Waals surface area (Å²) in [4.78, 5) is 10.6. The number of hydrogen-bond acceptors (Lipinski definition) is 4. The number of rotatable bonds is 5. The molecule has 0 spiro atoms. The fraction of sp³-hybridized carbons (Fsp3) is 0.182. The number of halogens is 2. The van der Waals surface area contributed by atoms with Crippen molar-refractivity contribution in [1.82, 2.24) is 15.0 Å². The van der Waals surface area contributed by atoms with E-state index in [1.165, 1.54) is 10.9 Å². The minimum Gasteiger partial charge on any atom is -0.478 e. The molecule has 1 aromatic heterocycles. The van der Waals surface area contributed by atoms with Crippen LogP contribution in [0.2, 0.25) is 0 Å². The molecule has 2 rings (SSSR count). The first-order chi connectivity index (χ1) is 9.08. The first-order valence-corrected chi connectivity index (χ1v) is 5.38. The van der Waals surface area contributed by atoms with Gasteiger partial charge in [0.1, 0.15) is 17.3 Å². The predicted molar refractivity (Wildman–Crippen MR) is 61.8 cm³/mol. The Kier molecular flexibility index (Phi) is 3.69. The summed E-state index contributed by atoms with van der Waals surface area (Å²) in [5, 5.41) is 18.5. The molecule has 0 saturated heterocycles. The van der Waals surface area contributed by atoms with Gasteiger partial charge in [0.2, 0.25) is 0 Å². The monoisotopic (exact) mass is 268 g/mol. The number of aromatic carboxylic acids is 1. The minimum atomic E-state index is -1.38. The van der Waals surface area contributed by atoms with Gasteiger partial charge in [0.25, 0.3) is 0 Å². The third kappa shape index (κ3) is 3.03. The molecule has 0 radical (unpaired) electrons. The van der Waals surface area contributed by atoms with Crippen LogP contribution in [0, 0.1) is 11.6 Å². The number of nitrogens with one attached hydrogen (secondary N) is 1. The Morgan fingerprint density at radius 3 is 2.58 bits per heavy atom. The lowest BCUT2D eigenvalue weighted by atomic mass is 10.2. The van der Waals surface area contributed by atoms with E-state index in [-0.39, 0.29) is 12.2 Å². The molecule has 0 aliphatic heterocycles. The van der Waals surface area contributed by atoms with E-state index < -0.39 is 23.2 Å². The van der Waals surface area contributed by atoms with E-state index in [1.54, 1.807) is 6.20 Å². The van der Waals surface area contributed by atoms with E-state index in [9.17, 15) is 13.6 Å². The van der Waals surface area contributed by atoms with Crippen LogP contribution in [-0.4, -0.2) is 32.6 Å². The largest absolute Gasteiger partial charge is 0.478 e. The quantitative estimate of drug-likeness (QED) is 0.856. The Morgan fingerprint density at radius 1 is 1.37 bits per heavy atom. The zero-order valence-corrected chi connectivity index (χ0v) is 9.68. The van der Waals surface area contributed by atoms with Gasteiger partial charge in [-0.1, -0.05) is 5.21 Å². The topological polar surface area (TPSA) is 80.0 Å². The maximum Gasteiger partial charge on any atom is 0.335 e. The zero-order chi connectivity index (χ0) is 13.8. The van der Waals surface area contributed by atoms with Gasteiger partial charge in [-0.25, -0.2) is 13.6 Å². The van der Waals surface area contributed by atoms with Crippen LogP contribution in [0.4, 0.5) is 14.5 Å². The third-order valence-electron chi connectivity index (χ3n) is 2.40. The number of nitrogens with zero attached hydrogens (tertiary/aromatic N) is 3. The molecule has 0 bridgehead atoms. The summed E-state index contributed by atoms with van der Waals surface area (Å²) in [7, 11) is 0. The molecular formula is C11H10F2N4O2. The van der Waals surface area contributed by atoms with E-state index in [1.807, 2.05) is 0 Å². The van der Waals surface area contributed by atoms with Crippen LogP contribution in [0.5, 0.6) is 0 Å². The second-order valence-electron chi connectivity index (χ2n) is 3.71. The summed E-state index contributed by atoms with van der Waals surface area (Å²) < 4.78 is 28.6. The molecule has 0 fully saturated rings. The van der Waals surface area contributed by atoms with Crippen LogP contribution in [-0.2, 0) is 6.54 Å². The first-order valence-electron chi connectivity index (χ1n) is 5.38. The minimum absolute atomic E-state index is 0.226. The number of carbonyl (C=O) groups is 1. The van der Waals surface area contributed by atoms with Gasteiger partial charge >= 0.3 is 5.97 Å². The fourth-order valence-electron chi connectivity index (χ4n) is 1.51. The fourth-order valence-corrected chi connectivity index (χ4v) is 1.51. The van der Waals surface area contributed by atoms with Crippen molar-refractivity contribution in [2.75, 3.05) is 11.9 Å². The second-order valence-corrected chi connectivity index (χ2v) is 3.71. The molecule has 0 aliphatic rings. The van der Waals surface area contributed by atoms with Gasteiger partial charge in [0, 0.05) is 12.7 Å². The van der Waals surface area contributed by atoms with Gasteiger partial charge in [-0.05, 0) is 12.1 Å². The van der Waals surface area contributed by atoms with Crippen molar-refractivity contribution in [3.05, 3.63) is 41.7 Å². The van der Waals surface area contributed by atoms with Crippen LogP contribution >= 0.6 is 0 Å². The lowest BCUT2D eigenvalue weighted by Crippen LogP contribution is -2.13. The summed E-state index contributed by atoms with van der Waals surface area (Å²) in [5.74, 6) is -3.28.